The third kappa shape index (κ3) is 6.07. The van der Waals surface area contributed by atoms with Crippen LogP contribution in [0.2, 0.25) is 0 Å². The summed E-state index contributed by atoms with van der Waals surface area (Å²) >= 11 is 0. The zero-order chi connectivity index (χ0) is 16.9. The normalized spacial score (nSPS) is 12.7. The molecule has 0 saturated heterocycles. The molecular formula is C15H19F2NO4. The van der Waals surface area contributed by atoms with E-state index < -0.39 is 30.1 Å². The van der Waals surface area contributed by atoms with Crippen molar-refractivity contribution in [3.8, 4) is 5.75 Å². The molecule has 0 aliphatic heterocycles. The topological polar surface area (TPSA) is 64.6 Å². The molecule has 122 valence electrons. The van der Waals surface area contributed by atoms with Crippen LogP contribution in [-0.2, 0) is 9.53 Å². The number of esters is 1. The smallest absolute Gasteiger partial charge is 0.387 e. The first-order valence-electron chi connectivity index (χ1n) is 6.66. The highest BCUT2D eigenvalue weighted by Crippen LogP contribution is 2.16. The lowest BCUT2D eigenvalue weighted by Gasteiger charge is -2.23. The molecule has 0 fully saturated rings. The van der Waals surface area contributed by atoms with Gasteiger partial charge < -0.3 is 14.8 Å². The Kier molecular flexibility index (Phi) is 5.84. The monoisotopic (exact) mass is 315 g/mol. The fourth-order valence-electron chi connectivity index (χ4n) is 1.53. The van der Waals surface area contributed by atoms with E-state index in [0.717, 1.165) is 0 Å². The van der Waals surface area contributed by atoms with Gasteiger partial charge >= 0.3 is 12.6 Å². The Labute approximate surface area is 127 Å². The van der Waals surface area contributed by atoms with Crippen molar-refractivity contribution in [3.63, 3.8) is 0 Å². The molecule has 1 atom stereocenters. The fourth-order valence-corrected chi connectivity index (χ4v) is 1.53. The van der Waals surface area contributed by atoms with Crippen molar-refractivity contribution in [1.82, 2.24) is 5.32 Å². The maximum Gasteiger partial charge on any atom is 0.387 e. The number of ether oxygens (including phenoxy) is 2. The van der Waals surface area contributed by atoms with Gasteiger partial charge in [-0.15, -0.1) is 0 Å². The van der Waals surface area contributed by atoms with Gasteiger partial charge in [0.05, 0.1) is 5.56 Å². The summed E-state index contributed by atoms with van der Waals surface area (Å²) in [5, 5.41) is 2.69. The molecule has 1 aromatic rings. The Bertz CT molecular complexity index is 523. The van der Waals surface area contributed by atoms with Crippen LogP contribution in [0.5, 0.6) is 5.75 Å². The van der Waals surface area contributed by atoms with Crippen LogP contribution in [-0.4, -0.2) is 30.1 Å². The van der Waals surface area contributed by atoms with E-state index >= 15 is 0 Å². The van der Waals surface area contributed by atoms with Gasteiger partial charge in [-0.05, 0) is 52.0 Å². The van der Waals surface area contributed by atoms with Crippen LogP contribution in [0.3, 0.4) is 0 Å². The number of alkyl halides is 2. The molecule has 22 heavy (non-hydrogen) atoms. The van der Waals surface area contributed by atoms with Gasteiger partial charge in [-0.3, -0.25) is 4.79 Å². The molecule has 0 aliphatic rings. The van der Waals surface area contributed by atoms with Crippen molar-refractivity contribution >= 4 is 11.9 Å². The van der Waals surface area contributed by atoms with Crippen LogP contribution >= 0.6 is 0 Å². The molecule has 0 aromatic heterocycles. The molecule has 1 rings (SSSR count). The fraction of sp³-hybridized carbons (Fsp3) is 0.467. The maximum absolute atomic E-state index is 12.0. The predicted molar refractivity (Wildman–Crippen MR) is 75.8 cm³/mol. The molecule has 5 nitrogen and oxygen atoms in total. The largest absolute Gasteiger partial charge is 0.449 e. The highest BCUT2D eigenvalue weighted by atomic mass is 19.3. The molecule has 7 heteroatoms. The quantitative estimate of drug-likeness (QED) is 0.849. The van der Waals surface area contributed by atoms with E-state index in [9.17, 15) is 18.4 Å². The number of amides is 1. The Balaban J connectivity index is 2.63. The number of carbonyl (C=O) groups excluding carboxylic acids is 2. The summed E-state index contributed by atoms with van der Waals surface area (Å²) in [5.41, 5.74) is -0.302. The van der Waals surface area contributed by atoms with Crippen LogP contribution in [0.4, 0.5) is 8.78 Å². The number of hydrogen-bond acceptors (Lipinski definition) is 4. The van der Waals surface area contributed by atoms with E-state index in [-0.39, 0.29) is 11.3 Å². The average molecular weight is 315 g/mol. The molecule has 0 heterocycles. The van der Waals surface area contributed by atoms with Crippen LogP contribution < -0.4 is 10.1 Å². The van der Waals surface area contributed by atoms with E-state index in [0.29, 0.717) is 0 Å². The second-order valence-corrected chi connectivity index (χ2v) is 5.69. The van der Waals surface area contributed by atoms with Gasteiger partial charge in [-0.25, -0.2) is 4.79 Å². The van der Waals surface area contributed by atoms with Gasteiger partial charge in [0.2, 0.25) is 0 Å². The van der Waals surface area contributed by atoms with Crippen molar-refractivity contribution in [2.75, 3.05) is 0 Å². The molecule has 0 unspecified atom stereocenters. The minimum Gasteiger partial charge on any atom is -0.449 e. The minimum absolute atomic E-state index is 0.0647. The van der Waals surface area contributed by atoms with Gasteiger partial charge in [0.15, 0.2) is 6.10 Å². The second kappa shape index (κ2) is 7.20. The molecule has 0 spiro atoms. The maximum atomic E-state index is 12.0. The minimum atomic E-state index is -2.93. The van der Waals surface area contributed by atoms with Crippen molar-refractivity contribution in [2.24, 2.45) is 0 Å². The summed E-state index contributed by atoms with van der Waals surface area (Å²) in [5.74, 6) is -1.20. The van der Waals surface area contributed by atoms with Crippen molar-refractivity contribution in [3.05, 3.63) is 29.8 Å². The second-order valence-electron chi connectivity index (χ2n) is 5.69. The zero-order valence-electron chi connectivity index (χ0n) is 12.9. The Hall–Kier alpha value is -2.18. The third-order valence-corrected chi connectivity index (χ3v) is 2.47. The van der Waals surface area contributed by atoms with Crippen LogP contribution in [0.1, 0.15) is 38.1 Å². The van der Waals surface area contributed by atoms with E-state index in [1.807, 2.05) is 0 Å². The van der Waals surface area contributed by atoms with Crippen molar-refractivity contribution in [1.29, 1.82) is 0 Å². The molecule has 1 amide bonds. The van der Waals surface area contributed by atoms with Crippen molar-refractivity contribution < 1.29 is 27.8 Å². The van der Waals surface area contributed by atoms with Crippen LogP contribution in [0.15, 0.2) is 24.3 Å². The van der Waals surface area contributed by atoms with E-state index in [2.05, 4.69) is 10.1 Å². The standard InChI is InChI=1S/C15H19F2NO4/c1-9(12(19)18-15(2,3)4)21-13(20)10-5-7-11(8-6-10)22-14(16)17/h5-9,14H,1-4H3,(H,18,19)/t9-/m1/s1. The highest BCUT2D eigenvalue weighted by molar-refractivity contribution is 5.92. The van der Waals surface area contributed by atoms with Gasteiger partial charge in [0, 0.05) is 5.54 Å². The summed E-state index contributed by atoms with van der Waals surface area (Å²) < 4.78 is 33.2. The number of benzene rings is 1. The summed E-state index contributed by atoms with van der Waals surface area (Å²) in [6.45, 7) is 3.94. The molecule has 0 radical (unpaired) electrons. The highest BCUT2D eigenvalue weighted by Gasteiger charge is 2.22. The number of carbonyl (C=O) groups is 2. The van der Waals surface area contributed by atoms with E-state index in [4.69, 9.17) is 4.74 Å². The average Bonchev–Trinajstić information content (AvgIpc) is 2.36. The lowest BCUT2D eigenvalue weighted by atomic mass is 10.1. The molecular weight excluding hydrogens is 296 g/mol. The summed E-state index contributed by atoms with van der Waals surface area (Å²) in [6.07, 6.45) is -0.969. The first-order valence-corrected chi connectivity index (χ1v) is 6.66. The Morgan fingerprint density at radius 2 is 1.68 bits per heavy atom. The van der Waals surface area contributed by atoms with Gasteiger partial charge in [-0.2, -0.15) is 8.78 Å². The van der Waals surface area contributed by atoms with Crippen LogP contribution in [0.25, 0.3) is 0 Å². The number of nitrogens with one attached hydrogen (secondary N) is 1. The first kappa shape index (κ1) is 17.9. The van der Waals surface area contributed by atoms with Gasteiger partial charge in [-0.1, -0.05) is 0 Å². The molecule has 1 N–H and O–H groups in total. The number of halogens is 2. The molecule has 0 bridgehead atoms. The summed E-state index contributed by atoms with van der Waals surface area (Å²) in [6, 6.07) is 5.02. The molecule has 0 aliphatic carbocycles. The van der Waals surface area contributed by atoms with E-state index in [1.165, 1.54) is 31.2 Å². The van der Waals surface area contributed by atoms with Crippen molar-refractivity contribution in [2.45, 2.75) is 45.9 Å². The lowest BCUT2D eigenvalue weighted by molar-refractivity contribution is -0.130. The summed E-state index contributed by atoms with van der Waals surface area (Å²) in [7, 11) is 0. The SMILES string of the molecule is C[C@@H](OC(=O)c1ccc(OC(F)F)cc1)C(=O)NC(C)(C)C. The Morgan fingerprint density at radius 1 is 1.14 bits per heavy atom. The lowest BCUT2D eigenvalue weighted by Crippen LogP contribution is -2.46. The number of hydrogen-bond donors (Lipinski definition) is 1. The Morgan fingerprint density at radius 3 is 2.14 bits per heavy atom. The first-order chi connectivity index (χ1) is 10.1. The molecule has 1 aromatic carbocycles. The number of rotatable bonds is 5. The summed E-state index contributed by atoms with van der Waals surface area (Å²) in [4.78, 5) is 23.7. The predicted octanol–water partition coefficient (Wildman–Crippen LogP) is 2.75. The van der Waals surface area contributed by atoms with Crippen LogP contribution in [0, 0.1) is 0 Å². The third-order valence-electron chi connectivity index (χ3n) is 2.47. The van der Waals surface area contributed by atoms with Gasteiger partial charge in [0.25, 0.3) is 5.91 Å². The zero-order valence-corrected chi connectivity index (χ0v) is 12.9. The van der Waals surface area contributed by atoms with Gasteiger partial charge in [0.1, 0.15) is 5.75 Å². The molecule has 0 saturated carbocycles. The van der Waals surface area contributed by atoms with E-state index in [1.54, 1.807) is 20.8 Å².